The Morgan fingerprint density at radius 3 is 2.93 bits per heavy atom. The minimum atomic E-state index is 0.225. The van der Waals surface area contributed by atoms with E-state index in [0.29, 0.717) is 6.04 Å². The summed E-state index contributed by atoms with van der Waals surface area (Å²) in [6.07, 6.45) is 0.778. The van der Waals surface area contributed by atoms with Crippen LogP contribution >= 0.6 is 38.9 Å². The van der Waals surface area contributed by atoms with Crippen LogP contribution in [0.25, 0.3) is 0 Å². The topological polar surface area (TPSA) is 32.3 Å². The van der Waals surface area contributed by atoms with Crippen LogP contribution in [0.3, 0.4) is 0 Å². The van der Waals surface area contributed by atoms with Crippen molar-refractivity contribution in [3.05, 3.63) is 19.8 Å². The highest BCUT2D eigenvalue weighted by atomic mass is 79.9. The first-order valence-corrected chi connectivity index (χ1v) is 6.40. The quantitative estimate of drug-likeness (QED) is 0.876. The molecule has 80 valence electrons. The lowest BCUT2D eigenvalue weighted by Crippen LogP contribution is -2.25. The van der Waals surface area contributed by atoms with Gasteiger partial charge < -0.3 is 10.4 Å². The number of nitrogens with one attached hydrogen (secondary N) is 1. The molecule has 1 rings (SSSR count). The van der Waals surface area contributed by atoms with Crippen LogP contribution < -0.4 is 5.32 Å². The van der Waals surface area contributed by atoms with Crippen molar-refractivity contribution in [1.82, 2.24) is 5.32 Å². The molecule has 0 aromatic carbocycles. The third kappa shape index (κ3) is 3.87. The summed E-state index contributed by atoms with van der Waals surface area (Å²) < 4.78 is 1.74. The molecule has 0 aliphatic heterocycles. The summed E-state index contributed by atoms with van der Waals surface area (Å²) in [7, 11) is 0. The van der Waals surface area contributed by atoms with Gasteiger partial charge in [0.25, 0.3) is 0 Å². The summed E-state index contributed by atoms with van der Waals surface area (Å²) in [6, 6.07) is 2.35. The van der Waals surface area contributed by atoms with Gasteiger partial charge >= 0.3 is 0 Å². The Morgan fingerprint density at radius 2 is 2.43 bits per heavy atom. The van der Waals surface area contributed by atoms with Gasteiger partial charge in [-0.1, -0.05) is 11.6 Å². The molecule has 1 aromatic rings. The fourth-order valence-electron chi connectivity index (χ4n) is 1.05. The summed E-state index contributed by atoms with van der Waals surface area (Å²) in [5.74, 6) is 0. The lowest BCUT2D eigenvalue weighted by Gasteiger charge is -2.10. The van der Waals surface area contributed by atoms with Gasteiger partial charge in [0.1, 0.15) is 4.34 Å². The molecule has 0 aliphatic carbocycles. The third-order valence-electron chi connectivity index (χ3n) is 1.88. The molecule has 14 heavy (non-hydrogen) atoms. The van der Waals surface area contributed by atoms with E-state index in [4.69, 9.17) is 16.7 Å². The average Bonchev–Trinajstić information content (AvgIpc) is 2.44. The lowest BCUT2D eigenvalue weighted by atomic mass is 10.2. The maximum atomic E-state index is 8.72. The fourth-order valence-corrected chi connectivity index (χ4v) is 2.79. The monoisotopic (exact) mass is 297 g/mol. The standard InChI is InChI=1S/C9H13BrClNOS/c1-6(2-3-13)12-5-7-4-8(10)9(11)14-7/h4,6,12-13H,2-3,5H2,1H3. The van der Waals surface area contributed by atoms with Gasteiger partial charge in [-0.05, 0) is 35.3 Å². The minimum Gasteiger partial charge on any atom is -0.396 e. The van der Waals surface area contributed by atoms with E-state index in [1.165, 1.54) is 4.88 Å². The second-order valence-electron chi connectivity index (χ2n) is 3.13. The molecule has 1 unspecified atom stereocenters. The van der Waals surface area contributed by atoms with Crippen molar-refractivity contribution in [1.29, 1.82) is 0 Å². The summed E-state index contributed by atoms with van der Waals surface area (Å²) >= 11 is 10.8. The Morgan fingerprint density at radius 1 is 1.71 bits per heavy atom. The van der Waals surface area contributed by atoms with E-state index < -0.39 is 0 Å². The van der Waals surface area contributed by atoms with Gasteiger partial charge in [-0.2, -0.15) is 0 Å². The van der Waals surface area contributed by atoms with Crippen molar-refractivity contribution in [3.63, 3.8) is 0 Å². The number of thiophene rings is 1. The lowest BCUT2D eigenvalue weighted by molar-refractivity contribution is 0.269. The van der Waals surface area contributed by atoms with Gasteiger partial charge in [-0.15, -0.1) is 11.3 Å². The Bertz CT molecular complexity index is 273. The molecule has 0 spiro atoms. The van der Waals surface area contributed by atoms with Gasteiger partial charge in [0.05, 0.1) is 0 Å². The fraction of sp³-hybridized carbons (Fsp3) is 0.556. The van der Waals surface area contributed by atoms with Crippen LogP contribution in [-0.4, -0.2) is 17.8 Å². The van der Waals surface area contributed by atoms with Gasteiger partial charge in [0.2, 0.25) is 0 Å². The molecule has 5 heteroatoms. The zero-order valence-electron chi connectivity index (χ0n) is 7.89. The number of rotatable bonds is 5. The molecule has 2 N–H and O–H groups in total. The zero-order valence-corrected chi connectivity index (χ0v) is 11.0. The first kappa shape index (κ1) is 12.5. The highest BCUT2D eigenvalue weighted by Crippen LogP contribution is 2.31. The van der Waals surface area contributed by atoms with Gasteiger partial charge in [0, 0.05) is 28.5 Å². The largest absolute Gasteiger partial charge is 0.396 e. The van der Waals surface area contributed by atoms with Gasteiger partial charge in [-0.3, -0.25) is 0 Å². The molecule has 0 aliphatic rings. The van der Waals surface area contributed by atoms with E-state index >= 15 is 0 Å². The number of aliphatic hydroxyl groups is 1. The molecule has 2 nitrogen and oxygen atoms in total. The predicted octanol–water partition coefficient (Wildman–Crippen LogP) is 3.02. The molecule has 0 radical (unpaired) electrons. The maximum Gasteiger partial charge on any atom is 0.107 e. The number of hydrogen-bond donors (Lipinski definition) is 2. The van der Waals surface area contributed by atoms with Crippen LogP contribution in [0.2, 0.25) is 4.34 Å². The molecular weight excluding hydrogens is 286 g/mol. The maximum absolute atomic E-state index is 8.72. The molecule has 1 atom stereocenters. The van der Waals surface area contributed by atoms with E-state index in [1.807, 2.05) is 6.07 Å². The summed E-state index contributed by atoms with van der Waals surface area (Å²) in [5.41, 5.74) is 0. The van der Waals surface area contributed by atoms with E-state index in [2.05, 4.69) is 28.2 Å². The molecule has 0 saturated heterocycles. The first-order valence-electron chi connectivity index (χ1n) is 4.41. The van der Waals surface area contributed by atoms with E-state index in [-0.39, 0.29) is 6.61 Å². The Hall–Kier alpha value is 0.390. The van der Waals surface area contributed by atoms with Crippen LogP contribution in [0.5, 0.6) is 0 Å². The summed E-state index contributed by atoms with van der Waals surface area (Å²) in [4.78, 5) is 1.20. The van der Waals surface area contributed by atoms with Crippen molar-refractivity contribution in [2.45, 2.75) is 25.9 Å². The molecular formula is C9H13BrClNOS. The molecule has 1 heterocycles. The number of hydrogen-bond acceptors (Lipinski definition) is 3. The van der Waals surface area contributed by atoms with Gasteiger partial charge in [-0.25, -0.2) is 0 Å². The van der Waals surface area contributed by atoms with Crippen molar-refractivity contribution >= 4 is 38.9 Å². The normalized spacial score (nSPS) is 13.1. The Balaban J connectivity index is 2.38. The molecule has 0 bridgehead atoms. The summed E-state index contributed by atoms with van der Waals surface area (Å²) in [5, 5.41) is 12.0. The minimum absolute atomic E-state index is 0.225. The highest BCUT2D eigenvalue weighted by Gasteiger charge is 2.05. The number of halogens is 2. The van der Waals surface area contributed by atoms with Crippen molar-refractivity contribution in [3.8, 4) is 0 Å². The van der Waals surface area contributed by atoms with Gasteiger partial charge in [0.15, 0.2) is 0 Å². The van der Waals surface area contributed by atoms with Crippen molar-refractivity contribution < 1.29 is 5.11 Å². The van der Waals surface area contributed by atoms with Crippen LogP contribution in [0.4, 0.5) is 0 Å². The van der Waals surface area contributed by atoms with Crippen LogP contribution in [0.1, 0.15) is 18.2 Å². The second kappa shape index (κ2) is 6.08. The highest BCUT2D eigenvalue weighted by molar-refractivity contribution is 9.10. The average molecular weight is 299 g/mol. The van der Waals surface area contributed by atoms with Crippen molar-refractivity contribution in [2.75, 3.05) is 6.61 Å². The van der Waals surface area contributed by atoms with Crippen molar-refractivity contribution in [2.24, 2.45) is 0 Å². The van der Waals surface area contributed by atoms with E-state index in [1.54, 1.807) is 11.3 Å². The van der Waals surface area contributed by atoms with E-state index in [9.17, 15) is 0 Å². The predicted molar refractivity (Wildman–Crippen MR) is 65.0 cm³/mol. The smallest absolute Gasteiger partial charge is 0.107 e. The number of aliphatic hydroxyl groups excluding tert-OH is 1. The molecule has 1 aromatic heterocycles. The third-order valence-corrected chi connectivity index (χ3v) is 4.36. The van der Waals surface area contributed by atoms with Crippen LogP contribution in [-0.2, 0) is 6.54 Å². The van der Waals surface area contributed by atoms with Crippen LogP contribution in [0.15, 0.2) is 10.5 Å². The first-order chi connectivity index (χ1) is 6.63. The molecule has 0 fully saturated rings. The molecule has 0 amide bonds. The Labute approximate surface area is 101 Å². The second-order valence-corrected chi connectivity index (χ2v) is 5.72. The van der Waals surface area contributed by atoms with E-state index in [0.717, 1.165) is 21.8 Å². The molecule has 0 saturated carbocycles. The summed E-state index contributed by atoms with van der Waals surface area (Å²) in [6.45, 7) is 3.08. The zero-order chi connectivity index (χ0) is 10.6. The van der Waals surface area contributed by atoms with Crippen LogP contribution in [0, 0.1) is 0 Å². The SMILES string of the molecule is CC(CCO)NCc1cc(Br)c(Cl)s1. The Kier molecular flexibility index (Phi) is 5.41.